The summed E-state index contributed by atoms with van der Waals surface area (Å²) in [4.78, 5) is 35.0. The highest BCUT2D eigenvalue weighted by Crippen LogP contribution is 2.43. The van der Waals surface area contributed by atoms with Crippen LogP contribution in [-0.4, -0.2) is 42.8 Å². The van der Waals surface area contributed by atoms with Crippen LogP contribution in [0.25, 0.3) is 0 Å². The molecular weight excluding hydrogens is 651 g/mol. The zero-order valence-corrected chi connectivity index (χ0v) is 33.7. The van der Waals surface area contributed by atoms with Crippen molar-refractivity contribution in [1.82, 2.24) is 0 Å². The maximum Gasteiger partial charge on any atom is 0.472 e. The second-order valence-electron chi connectivity index (χ2n) is 14.1. The first-order chi connectivity index (χ1) is 24.3. The summed E-state index contributed by atoms with van der Waals surface area (Å²) in [5.41, 5.74) is 0. The molecule has 9 heteroatoms. The zero-order valence-electron chi connectivity index (χ0n) is 32.8. The van der Waals surface area contributed by atoms with Gasteiger partial charge in [-0.15, -0.1) is 0 Å². The van der Waals surface area contributed by atoms with Gasteiger partial charge in [0, 0.05) is 12.8 Å². The number of rotatable bonds is 39. The zero-order chi connectivity index (χ0) is 36.8. The molecule has 0 saturated heterocycles. The highest BCUT2D eigenvalue weighted by molar-refractivity contribution is 7.47. The van der Waals surface area contributed by atoms with Gasteiger partial charge in [-0.2, -0.15) is 0 Å². The average molecular weight is 731 g/mol. The van der Waals surface area contributed by atoms with Crippen LogP contribution in [0.1, 0.15) is 213 Å². The molecule has 0 aliphatic heterocycles. The van der Waals surface area contributed by atoms with Crippen molar-refractivity contribution in [3.05, 3.63) is 12.2 Å². The summed E-state index contributed by atoms with van der Waals surface area (Å²) in [7, 11) is -4.30. The van der Waals surface area contributed by atoms with E-state index >= 15 is 0 Å². The van der Waals surface area contributed by atoms with Crippen LogP contribution in [0, 0.1) is 0 Å². The Labute approximate surface area is 308 Å². The summed E-state index contributed by atoms with van der Waals surface area (Å²) in [6.07, 6.45) is 36.9. The van der Waals surface area contributed by atoms with Crippen molar-refractivity contribution < 1.29 is 37.6 Å². The maximum atomic E-state index is 12.6. The summed E-state index contributed by atoms with van der Waals surface area (Å²) in [5, 5.41) is 0. The quantitative estimate of drug-likeness (QED) is 0.0288. The first-order valence-electron chi connectivity index (χ1n) is 21.0. The number of hydrogen-bond acceptors (Lipinski definition) is 7. The van der Waals surface area contributed by atoms with Gasteiger partial charge >= 0.3 is 19.8 Å². The van der Waals surface area contributed by atoms with Gasteiger partial charge in [-0.3, -0.25) is 18.6 Å². The van der Waals surface area contributed by atoms with Gasteiger partial charge in [0.15, 0.2) is 6.10 Å². The number of phosphoric ester groups is 1. The van der Waals surface area contributed by atoms with Crippen LogP contribution >= 0.6 is 7.82 Å². The number of unbranched alkanes of at least 4 members (excludes halogenated alkanes) is 24. The Kier molecular flexibility index (Phi) is 36.6. The van der Waals surface area contributed by atoms with E-state index in [2.05, 4.69) is 26.0 Å². The molecule has 0 aromatic carbocycles. The molecule has 1 N–H and O–H groups in total. The molecule has 0 saturated carbocycles. The summed E-state index contributed by atoms with van der Waals surface area (Å²) < 4.78 is 33.3. The van der Waals surface area contributed by atoms with E-state index < -0.39 is 19.9 Å². The number of esters is 2. The Bertz CT molecular complexity index is 833. The Morgan fingerprint density at radius 1 is 0.520 bits per heavy atom. The minimum absolute atomic E-state index is 0.0956. The topological polar surface area (TPSA) is 108 Å². The smallest absolute Gasteiger partial charge is 0.462 e. The lowest BCUT2D eigenvalue weighted by Crippen LogP contribution is -2.29. The second kappa shape index (κ2) is 37.5. The third-order valence-electron chi connectivity index (χ3n) is 9.03. The first-order valence-corrected chi connectivity index (χ1v) is 22.5. The molecular formula is C41H79O8P. The molecule has 2 unspecified atom stereocenters. The van der Waals surface area contributed by atoms with Gasteiger partial charge in [-0.1, -0.05) is 168 Å². The number of carbonyl (C=O) groups excluding carboxylic acids is 2. The fourth-order valence-corrected chi connectivity index (χ4v) is 6.57. The highest BCUT2D eigenvalue weighted by atomic mass is 31.2. The van der Waals surface area contributed by atoms with Crippen LogP contribution in [-0.2, 0) is 32.7 Å². The van der Waals surface area contributed by atoms with Gasteiger partial charge in [0.1, 0.15) is 6.61 Å². The van der Waals surface area contributed by atoms with Crippen molar-refractivity contribution in [1.29, 1.82) is 0 Å². The fraction of sp³-hybridized carbons (Fsp3) is 0.902. The molecule has 0 spiro atoms. The fourth-order valence-electron chi connectivity index (χ4n) is 5.79. The van der Waals surface area contributed by atoms with E-state index in [0.717, 1.165) is 57.8 Å². The standard InChI is InChI=1S/C41H79O8P/c1-4-7-10-12-14-16-18-20-21-23-25-27-29-31-33-35-41(43)49-39(38-48-50(44,45)47-36-9-6-3)37-46-40(42)34-32-30-28-26-24-22-19-17-15-13-11-8-5-2/h20-21,39H,4-19,22-38H2,1-3H3,(H,44,45)/b21-20+. The summed E-state index contributed by atoms with van der Waals surface area (Å²) in [6.45, 7) is 5.94. The van der Waals surface area contributed by atoms with Crippen LogP contribution in [0.3, 0.4) is 0 Å². The van der Waals surface area contributed by atoms with E-state index in [4.69, 9.17) is 18.5 Å². The molecule has 50 heavy (non-hydrogen) atoms. The molecule has 296 valence electrons. The molecule has 2 atom stereocenters. The molecule has 0 aliphatic carbocycles. The molecule has 0 rings (SSSR count). The number of ether oxygens (including phenoxy) is 2. The molecule has 0 fully saturated rings. The van der Waals surface area contributed by atoms with E-state index in [9.17, 15) is 19.0 Å². The van der Waals surface area contributed by atoms with Crippen LogP contribution < -0.4 is 0 Å². The third-order valence-corrected chi connectivity index (χ3v) is 10.0. The van der Waals surface area contributed by atoms with Crippen LogP contribution in [0.2, 0.25) is 0 Å². The molecule has 8 nitrogen and oxygen atoms in total. The molecule has 0 aromatic rings. The Hall–Kier alpha value is -1.21. The van der Waals surface area contributed by atoms with Crippen molar-refractivity contribution in [2.45, 2.75) is 219 Å². The average Bonchev–Trinajstić information content (AvgIpc) is 3.09. The molecule has 0 aromatic heterocycles. The molecule has 0 heterocycles. The lowest BCUT2D eigenvalue weighted by Gasteiger charge is -2.20. The number of allylic oxidation sites excluding steroid dienone is 2. The molecule has 0 aliphatic rings. The van der Waals surface area contributed by atoms with E-state index in [1.54, 1.807) is 0 Å². The third kappa shape index (κ3) is 36.6. The number of phosphoric acid groups is 1. The summed E-state index contributed by atoms with van der Waals surface area (Å²) in [5.74, 6) is -0.791. The lowest BCUT2D eigenvalue weighted by atomic mass is 10.0. The molecule has 0 radical (unpaired) electrons. The van der Waals surface area contributed by atoms with Crippen molar-refractivity contribution in [3.63, 3.8) is 0 Å². The first kappa shape index (κ1) is 48.8. The van der Waals surface area contributed by atoms with E-state index in [-0.39, 0.29) is 32.2 Å². The lowest BCUT2D eigenvalue weighted by molar-refractivity contribution is -0.161. The van der Waals surface area contributed by atoms with Gasteiger partial charge in [0.05, 0.1) is 13.2 Å². The van der Waals surface area contributed by atoms with Gasteiger partial charge in [-0.05, 0) is 44.9 Å². The minimum Gasteiger partial charge on any atom is -0.462 e. The van der Waals surface area contributed by atoms with Crippen LogP contribution in [0.5, 0.6) is 0 Å². The summed E-state index contributed by atoms with van der Waals surface area (Å²) >= 11 is 0. The predicted octanol–water partition coefficient (Wildman–Crippen LogP) is 12.9. The van der Waals surface area contributed by atoms with E-state index in [1.807, 2.05) is 6.92 Å². The number of carbonyl (C=O) groups is 2. The largest absolute Gasteiger partial charge is 0.472 e. The van der Waals surface area contributed by atoms with Gasteiger partial charge in [0.2, 0.25) is 0 Å². The molecule has 0 bridgehead atoms. The second-order valence-corrected chi connectivity index (χ2v) is 15.5. The monoisotopic (exact) mass is 731 g/mol. The van der Waals surface area contributed by atoms with Crippen molar-refractivity contribution in [2.75, 3.05) is 19.8 Å². The Morgan fingerprint density at radius 2 is 0.920 bits per heavy atom. The Morgan fingerprint density at radius 3 is 1.38 bits per heavy atom. The van der Waals surface area contributed by atoms with E-state index in [1.165, 1.54) is 109 Å². The van der Waals surface area contributed by atoms with Crippen LogP contribution in [0.4, 0.5) is 0 Å². The van der Waals surface area contributed by atoms with Crippen molar-refractivity contribution >= 4 is 19.8 Å². The van der Waals surface area contributed by atoms with Crippen molar-refractivity contribution in [2.24, 2.45) is 0 Å². The maximum absolute atomic E-state index is 12.6. The van der Waals surface area contributed by atoms with Gasteiger partial charge in [-0.25, -0.2) is 4.57 Å². The predicted molar refractivity (Wildman–Crippen MR) is 207 cm³/mol. The Balaban J connectivity index is 4.25. The minimum atomic E-state index is -4.30. The SMILES string of the molecule is CCCCCCCC/C=C/CCCCCCCC(=O)OC(COC(=O)CCCCCCCCCCCCCCC)COP(=O)(O)OCCCC. The number of hydrogen-bond donors (Lipinski definition) is 1. The highest BCUT2D eigenvalue weighted by Gasteiger charge is 2.26. The normalized spacial score (nSPS) is 13.4. The molecule has 0 amide bonds. The van der Waals surface area contributed by atoms with Gasteiger partial charge in [0.25, 0.3) is 0 Å². The van der Waals surface area contributed by atoms with Crippen LogP contribution in [0.15, 0.2) is 12.2 Å². The van der Waals surface area contributed by atoms with Gasteiger partial charge < -0.3 is 14.4 Å². The summed E-state index contributed by atoms with van der Waals surface area (Å²) in [6, 6.07) is 0. The van der Waals surface area contributed by atoms with E-state index in [0.29, 0.717) is 19.3 Å². The van der Waals surface area contributed by atoms with Crippen molar-refractivity contribution in [3.8, 4) is 0 Å².